The Morgan fingerprint density at radius 3 is 2.57 bits per heavy atom. The molecular weight excluding hydrogens is 444 g/mol. The number of benzene rings is 2. The highest BCUT2D eigenvalue weighted by molar-refractivity contribution is 6.06. The van der Waals surface area contributed by atoms with Crippen molar-refractivity contribution in [2.45, 2.75) is 32.4 Å². The van der Waals surface area contributed by atoms with Crippen molar-refractivity contribution in [1.82, 2.24) is 14.5 Å². The molecule has 0 radical (unpaired) electrons. The Bertz CT molecular complexity index is 1210. The molecule has 1 fully saturated rings. The van der Waals surface area contributed by atoms with Gasteiger partial charge in [0, 0.05) is 43.5 Å². The molecule has 5 rings (SSSR count). The molecular formula is C27H28N4O4. The SMILES string of the molecule is O=C1CN(/N=C2\CCOc3cc(OCc4ccccc4)ccc32)C(=O)N1CCCCn1cccc1. The van der Waals surface area contributed by atoms with Crippen molar-refractivity contribution < 1.29 is 19.1 Å². The van der Waals surface area contributed by atoms with Gasteiger partial charge < -0.3 is 14.0 Å². The summed E-state index contributed by atoms with van der Waals surface area (Å²) in [5, 5.41) is 5.84. The van der Waals surface area contributed by atoms with Crippen LogP contribution < -0.4 is 9.47 Å². The van der Waals surface area contributed by atoms with Crippen LogP contribution in [0.3, 0.4) is 0 Å². The number of rotatable bonds is 9. The number of carbonyl (C=O) groups is 2. The third kappa shape index (κ3) is 5.37. The standard InChI is InChI=1S/C27H28N4O4/c32-26-19-31(27(33)30(26)16-7-6-15-29-13-4-5-14-29)28-24-12-17-34-25-18-22(10-11-23(24)25)35-20-21-8-2-1-3-9-21/h1-5,8-11,13-14,18H,6-7,12,15-17,19-20H2/b28-24+. The van der Waals surface area contributed by atoms with E-state index in [4.69, 9.17) is 9.47 Å². The van der Waals surface area contributed by atoms with Gasteiger partial charge >= 0.3 is 6.03 Å². The van der Waals surface area contributed by atoms with Crippen molar-refractivity contribution in [3.63, 3.8) is 0 Å². The highest BCUT2D eigenvalue weighted by Gasteiger charge is 2.36. The van der Waals surface area contributed by atoms with Gasteiger partial charge in [-0.2, -0.15) is 5.10 Å². The van der Waals surface area contributed by atoms with E-state index in [1.807, 2.05) is 73.1 Å². The predicted molar refractivity (Wildman–Crippen MR) is 131 cm³/mol. The normalized spacial score (nSPS) is 16.5. The molecule has 0 unspecified atom stereocenters. The minimum atomic E-state index is -0.362. The predicted octanol–water partition coefficient (Wildman–Crippen LogP) is 4.30. The first-order valence-corrected chi connectivity index (χ1v) is 11.9. The van der Waals surface area contributed by atoms with Crippen molar-refractivity contribution in [3.8, 4) is 11.5 Å². The number of urea groups is 1. The first-order valence-electron chi connectivity index (χ1n) is 11.9. The number of hydrogen-bond donors (Lipinski definition) is 0. The minimum Gasteiger partial charge on any atom is -0.492 e. The van der Waals surface area contributed by atoms with Crippen LogP contribution in [0, 0.1) is 0 Å². The topological polar surface area (TPSA) is 76.4 Å². The molecule has 3 aromatic rings. The number of aromatic nitrogens is 1. The molecule has 1 aromatic heterocycles. The minimum absolute atomic E-state index is 0.0333. The second kappa shape index (κ2) is 10.5. The Kier molecular flexibility index (Phi) is 6.79. The van der Waals surface area contributed by atoms with E-state index in [-0.39, 0.29) is 18.5 Å². The van der Waals surface area contributed by atoms with E-state index in [1.165, 1.54) is 9.91 Å². The van der Waals surface area contributed by atoms with Crippen LogP contribution in [0.15, 0.2) is 78.2 Å². The van der Waals surface area contributed by atoms with Crippen LogP contribution in [0.5, 0.6) is 11.5 Å². The maximum Gasteiger partial charge on any atom is 0.347 e. The van der Waals surface area contributed by atoms with Crippen LogP contribution in [0.1, 0.15) is 30.4 Å². The molecule has 2 aliphatic rings. The van der Waals surface area contributed by atoms with Crippen molar-refractivity contribution in [3.05, 3.63) is 84.2 Å². The van der Waals surface area contributed by atoms with Crippen LogP contribution in [-0.2, 0) is 17.9 Å². The third-order valence-corrected chi connectivity index (χ3v) is 6.10. The summed E-state index contributed by atoms with van der Waals surface area (Å²) in [6, 6.07) is 19.2. The quantitative estimate of drug-likeness (QED) is 0.344. The number of amides is 3. The monoisotopic (exact) mass is 472 g/mol. The molecule has 0 atom stereocenters. The number of nitrogens with zero attached hydrogens (tertiary/aromatic N) is 4. The van der Waals surface area contributed by atoms with Crippen LogP contribution in [-0.4, -0.2) is 51.8 Å². The fraction of sp³-hybridized carbons (Fsp3) is 0.296. The number of ether oxygens (including phenoxy) is 2. The molecule has 180 valence electrons. The van der Waals surface area contributed by atoms with E-state index in [0.29, 0.717) is 37.7 Å². The van der Waals surface area contributed by atoms with Crippen molar-refractivity contribution >= 4 is 17.6 Å². The zero-order valence-corrected chi connectivity index (χ0v) is 19.5. The van der Waals surface area contributed by atoms with E-state index in [2.05, 4.69) is 9.67 Å². The van der Waals surface area contributed by atoms with E-state index < -0.39 is 0 Å². The van der Waals surface area contributed by atoms with Crippen LogP contribution >= 0.6 is 0 Å². The molecule has 0 bridgehead atoms. The first-order chi connectivity index (χ1) is 17.2. The average Bonchev–Trinajstić information content (AvgIpc) is 3.49. The van der Waals surface area contributed by atoms with Gasteiger partial charge in [-0.3, -0.25) is 9.69 Å². The summed E-state index contributed by atoms with van der Waals surface area (Å²) in [4.78, 5) is 26.7. The molecule has 2 aromatic carbocycles. The zero-order chi connectivity index (χ0) is 24.0. The van der Waals surface area contributed by atoms with Gasteiger partial charge in [-0.05, 0) is 42.7 Å². The number of hydrogen-bond acceptors (Lipinski definition) is 5. The first kappa shape index (κ1) is 22.7. The Hall–Kier alpha value is -4.07. The Morgan fingerprint density at radius 2 is 1.74 bits per heavy atom. The third-order valence-electron chi connectivity index (χ3n) is 6.10. The zero-order valence-electron chi connectivity index (χ0n) is 19.5. The molecule has 0 saturated carbocycles. The number of carbonyl (C=O) groups excluding carboxylic acids is 2. The summed E-state index contributed by atoms with van der Waals surface area (Å²) in [5.41, 5.74) is 2.63. The molecule has 0 spiro atoms. The largest absolute Gasteiger partial charge is 0.492 e. The lowest BCUT2D eigenvalue weighted by atomic mass is 10.0. The molecule has 0 N–H and O–H groups in total. The number of unbranched alkanes of at least 4 members (excludes halogenated alkanes) is 1. The van der Waals surface area contributed by atoms with Crippen LogP contribution in [0.2, 0.25) is 0 Å². The summed E-state index contributed by atoms with van der Waals surface area (Å²) in [7, 11) is 0. The molecule has 3 heterocycles. The second-order valence-corrected chi connectivity index (χ2v) is 8.59. The highest BCUT2D eigenvalue weighted by atomic mass is 16.5. The van der Waals surface area contributed by atoms with Gasteiger partial charge in [0.2, 0.25) is 0 Å². The summed E-state index contributed by atoms with van der Waals surface area (Å²) < 4.78 is 13.8. The molecule has 0 aliphatic carbocycles. The number of aryl methyl sites for hydroxylation is 1. The van der Waals surface area contributed by atoms with Gasteiger partial charge in [0.1, 0.15) is 24.7 Å². The van der Waals surface area contributed by atoms with Gasteiger partial charge in [0.05, 0.1) is 12.3 Å². The summed E-state index contributed by atoms with van der Waals surface area (Å²) in [6.45, 7) is 2.15. The molecule has 8 nitrogen and oxygen atoms in total. The van der Waals surface area contributed by atoms with Gasteiger partial charge in [-0.15, -0.1) is 0 Å². The van der Waals surface area contributed by atoms with E-state index in [9.17, 15) is 9.59 Å². The Morgan fingerprint density at radius 1 is 0.943 bits per heavy atom. The average molecular weight is 473 g/mol. The smallest absolute Gasteiger partial charge is 0.347 e. The van der Waals surface area contributed by atoms with Gasteiger partial charge in [0.15, 0.2) is 0 Å². The molecule has 2 aliphatic heterocycles. The number of hydrazone groups is 1. The van der Waals surface area contributed by atoms with E-state index in [1.54, 1.807) is 0 Å². The molecule has 1 saturated heterocycles. The van der Waals surface area contributed by atoms with Crippen molar-refractivity contribution in [1.29, 1.82) is 0 Å². The lowest BCUT2D eigenvalue weighted by molar-refractivity contribution is -0.125. The highest BCUT2D eigenvalue weighted by Crippen LogP contribution is 2.30. The Balaban J connectivity index is 1.21. The molecule has 35 heavy (non-hydrogen) atoms. The van der Waals surface area contributed by atoms with Crippen LogP contribution in [0.4, 0.5) is 4.79 Å². The fourth-order valence-corrected chi connectivity index (χ4v) is 4.24. The number of imide groups is 1. The van der Waals surface area contributed by atoms with Crippen LogP contribution in [0.25, 0.3) is 0 Å². The molecule has 3 amide bonds. The molecule has 8 heteroatoms. The lowest BCUT2D eigenvalue weighted by Crippen LogP contribution is -2.33. The summed E-state index contributed by atoms with van der Waals surface area (Å²) >= 11 is 0. The fourth-order valence-electron chi connectivity index (χ4n) is 4.24. The maximum atomic E-state index is 12.9. The number of fused-ring (bicyclic) bond motifs is 1. The van der Waals surface area contributed by atoms with Gasteiger partial charge in [-0.1, -0.05) is 30.3 Å². The van der Waals surface area contributed by atoms with Crippen molar-refractivity contribution in [2.75, 3.05) is 19.7 Å². The van der Waals surface area contributed by atoms with Crippen molar-refractivity contribution in [2.24, 2.45) is 5.10 Å². The van der Waals surface area contributed by atoms with E-state index in [0.717, 1.165) is 36.2 Å². The Labute approximate surface area is 204 Å². The van der Waals surface area contributed by atoms with Gasteiger partial charge in [-0.25, -0.2) is 9.80 Å². The van der Waals surface area contributed by atoms with E-state index >= 15 is 0 Å². The van der Waals surface area contributed by atoms with Gasteiger partial charge in [0.25, 0.3) is 5.91 Å². The lowest BCUT2D eigenvalue weighted by Gasteiger charge is -2.21. The maximum absolute atomic E-state index is 12.9. The summed E-state index contributed by atoms with van der Waals surface area (Å²) in [6.07, 6.45) is 6.22. The second-order valence-electron chi connectivity index (χ2n) is 8.59. The summed E-state index contributed by atoms with van der Waals surface area (Å²) in [5.74, 6) is 1.16.